The average molecular weight is 639 g/mol. The van der Waals surface area contributed by atoms with Gasteiger partial charge >= 0.3 is 12.1 Å². The number of rotatable bonds is 7. The van der Waals surface area contributed by atoms with Gasteiger partial charge in [-0.2, -0.15) is 22.0 Å². The fourth-order valence-corrected chi connectivity index (χ4v) is 6.09. The number of alkyl halides is 5. The number of fused-ring (bicyclic) bond motifs is 3. The zero-order valence-electron chi connectivity index (χ0n) is 23.3. The van der Waals surface area contributed by atoms with Gasteiger partial charge in [0.2, 0.25) is 0 Å². The van der Waals surface area contributed by atoms with Gasteiger partial charge in [-0.25, -0.2) is 4.98 Å². The van der Waals surface area contributed by atoms with Crippen molar-refractivity contribution in [2.45, 2.75) is 43.4 Å². The maximum atomic E-state index is 13.7. The van der Waals surface area contributed by atoms with Gasteiger partial charge in [-0.05, 0) is 68.1 Å². The first-order valence-corrected chi connectivity index (χ1v) is 14.5. The van der Waals surface area contributed by atoms with E-state index >= 15 is 0 Å². The Hall–Kier alpha value is -3.29. The Morgan fingerprint density at radius 3 is 2.42 bits per heavy atom. The molecule has 5 aromatic rings. The van der Waals surface area contributed by atoms with Crippen molar-refractivity contribution in [1.82, 2.24) is 29.6 Å². The number of pyridine rings is 1. The van der Waals surface area contributed by atoms with Gasteiger partial charge in [0.1, 0.15) is 5.52 Å². The largest absolute Gasteiger partial charge is 0.463 e. The van der Waals surface area contributed by atoms with Gasteiger partial charge in [-0.1, -0.05) is 30.0 Å². The van der Waals surface area contributed by atoms with Crippen LogP contribution in [0.5, 0.6) is 0 Å². The summed E-state index contributed by atoms with van der Waals surface area (Å²) in [5, 5.41) is 10.7. The topological polar surface area (TPSA) is 72.9 Å². The standard InChI is InChI=1S/C29H27F5N6OS.ClH/c1-17-7-8-20-21(5-3-6-22(20)35-17)25-37-38-27(39(25)2)42-14-4-11-40-12-9-18-15-23-24(16-19(18)10-13-40)41-26(36-23)28(30,31)29(32,33)34;/h3,5-8,15-16H,4,9-14H2,1-2H3;1H. The molecular formula is C29H28ClF5N6OS. The van der Waals surface area contributed by atoms with Crippen LogP contribution in [0.3, 0.4) is 0 Å². The third-order valence-electron chi connectivity index (χ3n) is 7.53. The second-order valence-corrected chi connectivity index (χ2v) is 11.5. The smallest absolute Gasteiger partial charge is 0.435 e. The second-order valence-electron chi connectivity index (χ2n) is 10.4. The molecule has 228 valence electrons. The first-order valence-electron chi connectivity index (χ1n) is 13.5. The zero-order valence-corrected chi connectivity index (χ0v) is 24.9. The second kappa shape index (κ2) is 12.0. The monoisotopic (exact) mass is 638 g/mol. The Morgan fingerprint density at radius 2 is 1.67 bits per heavy atom. The lowest BCUT2D eigenvalue weighted by atomic mass is 10.0. The molecule has 7 nitrogen and oxygen atoms in total. The van der Waals surface area contributed by atoms with E-state index in [1.54, 1.807) is 23.9 Å². The molecule has 1 aliphatic rings. The Bertz CT molecular complexity index is 1730. The van der Waals surface area contributed by atoms with E-state index in [0.717, 1.165) is 76.1 Å². The third-order valence-corrected chi connectivity index (χ3v) is 8.63. The number of aryl methyl sites for hydroxylation is 1. The van der Waals surface area contributed by atoms with Crippen molar-refractivity contribution in [2.75, 3.05) is 25.4 Å². The summed E-state index contributed by atoms with van der Waals surface area (Å²) in [6.07, 6.45) is -3.58. The summed E-state index contributed by atoms with van der Waals surface area (Å²) in [5.41, 5.74) is 4.58. The van der Waals surface area contributed by atoms with E-state index in [4.69, 9.17) is 4.42 Å². The van der Waals surface area contributed by atoms with E-state index < -0.39 is 18.0 Å². The van der Waals surface area contributed by atoms with Crippen LogP contribution in [0.4, 0.5) is 22.0 Å². The highest BCUT2D eigenvalue weighted by Gasteiger charge is 2.62. The van der Waals surface area contributed by atoms with Crippen molar-refractivity contribution >= 4 is 46.2 Å². The molecule has 0 unspecified atom stereocenters. The van der Waals surface area contributed by atoms with Crippen LogP contribution in [0.15, 0.2) is 52.0 Å². The molecule has 1 aliphatic heterocycles. The molecule has 0 bridgehead atoms. The van der Waals surface area contributed by atoms with E-state index in [-0.39, 0.29) is 23.5 Å². The van der Waals surface area contributed by atoms with Gasteiger partial charge in [0.25, 0.3) is 5.89 Å². The first kappa shape index (κ1) is 31.1. The molecule has 14 heteroatoms. The summed E-state index contributed by atoms with van der Waals surface area (Å²) < 4.78 is 72.6. The molecule has 0 amide bonds. The van der Waals surface area contributed by atoms with Crippen LogP contribution in [-0.4, -0.2) is 61.2 Å². The van der Waals surface area contributed by atoms with Crippen LogP contribution < -0.4 is 0 Å². The lowest BCUT2D eigenvalue weighted by Crippen LogP contribution is -2.33. The molecule has 4 heterocycles. The van der Waals surface area contributed by atoms with Gasteiger partial charge in [-0.15, -0.1) is 22.6 Å². The number of oxazole rings is 1. The fraction of sp³-hybridized carbons (Fsp3) is 0.379. The summed E-state index contributed by atoms with van der Waals surface area (Å²) in [5.74, 6) is -5.13. The van der Waals surface area contributed by atoms with Crippen molar-refractivity contribution in [3.63, 3.8) is 0 Å². The van der Waals surface area contributed by atoms with E-state index in [1.807, 2.05) is 42.8 Å². The number of hydrogen-bond acceptors (Lipinski definition) is 7. The number of hydrogen-bond donors (Lipinski definition) is 0. The predicted molar refractivity (Wildman–Crippen MR) is 157 cm³/mol. The summed E-state index contributed by atoms with van der Waals surface area (Å²) in [4.78, 5) is 10.4. The van der Waals surface area contributed by atoms with Crippen LogP contribution >= 0.6 is 24.2 Å². The van der Waals surface area contributed by atoms with Crippen LogP contribution in [0.1, 0.15) is 29.1 Å². The van der Waals surface area contributed by atoms with Crippen molar-refractivity contribution in [2.24, 2.45) is 7.05 Å². The highest BCUT2D eigenvalue weighted by molar-refractivity contribution is 7.99. The number of thioether (sulfide) groups is 1. The Labute approximate surface area is 254 Å². The highest BCUT2D eigenvalue weighted by Crippen LogP contribution is 2.44. The van der Waals surface area contributed by atoms with Gasteiger partial charge in [-0.3, -0.25) is 4.98 Å². The molecule has 0 N–H and O–H groups in total. The molecule has 2 aromatic carbocycles. The van der Waals surface area contributed by atoms with Gasteiger partial charge in [0, 0.05) is 42.5 Å². The molecular weight excluding hydrogens is 611 g/mol. The van der Waals surface area contributed by atoms with Crippen LogP contribution in [-0.2, 0) is 25.8 Å². The zero-order chi connectivity index (χ0) is 29.6. The van der Waals surface area contributed by atoms with E-state index in [2.05, 4.69) is 31.1 Å². The molecule has 0 spiro atoms. The number of benzene rings is 2. The lowest BCUT2D eigenvalue weighted by molar-refractivity contribution is -0.297. The van der Waals surface area contributed by atoms with Crippen molar-refractivity contribution in [3.05, 3.63) is 65.2 Å². The molecule has 6 rings (SSSR count). The third kappa shape index (κ3) is 6.07. The minimum Gasteiger partial charge on any atom is -0.435 e. The van der Waals surface area contributed by atoms with Crippen LogP contribution in [0, 0.1) is 6.92 Å². The minimum atomic E-state index is -5.77. The molecule has 0 fully saturated rings. The lowest BCUT2D eigenvalue weighted by Gasteiger charge is -2.19. The van der Waals surface area contributed by atoms with Crippen LogP contribution in [0.2, 0.25) is 0 Å². The van der Waals surface area contributed by atoms with Crippen molar-refractivity contribution in [3.8, 4) is 11.4 Å². The predicted octanol–water partition coefficient (Wildman–Crippen LogP) is 7.14. The Kier molecular flexibility index (Phi) is 8.70. The van der Waals surface area contributed by atoms with E-state index in [0.29, 0.717) is 12.8 Å². The molecule has 43 heavy (non-hydrogen) atoms. The SMILES string of the molecule is Cc1ccc2c(-c3nnc(SCCCN4CCc5cc6nc(C(F)(F)C(F)(F)F)oc6cc5CC4)n3C)cccc2n1.Cl. The molecule has 0 saturated heterocycles. The maximum absolute atomic E-state index is 13.7. The Morgan fingerprint density at radius 1 is 0.930 bits per heavy atom. The normalized spacial score (nSPS) is 14.6. The van der Waals surface area contributed by atoms with Crippen molar-refractivity contribution in [1.29, 1.82) is 0 Å². The van der Waals surface area contributed by atoms with Gasteiger partial charge < -0.3 is 13.9 Å². The molecule has 0 aliphatic carbocycles. The summed E-state index contributed by atoms with van der Waals surface area (Å²) >= 11 is 1.64. The number of aromatic nitrogens is 5. The minimum absolute atomic E-state index is 0. The highest BCUT2D eigenvalue weighted by atomic mass is 35.5. The number of halogens is 6. The quantitative estimate of drug-likeness (QED) is 0.107. The van der Waals surface area contributed by atoms with E-state index in [9.17, 15) is 22.0 Å². The maximum Gasteiger partial charge on any atom is 0.463 e. The first-order chi connectivity index (χ1) is 20.0. The van der Waals surface area contributed by atoms with Gasteiger partial charge in [0.05, 0.1) is 5.52 Å². The molecule has 0 atom stereocenters. The van der Waals surface area contributed by atoms with Gasteiger partial charge in [0.15, 0.2) is 16.6 Å². The summed E-state index contributed by atoms with van der Waals surface area (Å²) in [6.45, 7) is 4.31. The summed E-state index contributed by atoms with van der Waals surface area (Å²) in [6, 6.07) is 13.2. The van der Waals surface area contributed by atoms with Crippen LogP contribution in [0.25, 0.3) is 33.4 Å². The molecule has 3 aromatic heterocycles. The average Bonchev–Trinajstić information content (AvgIpc) is 3.47. The summed E-state index contributed by atoms with van der Waals surface area (Å²) in [7, 11) is 1.96. The van der Waals surface area contributed by atoms with E-state index in [1.165, 1.54) is 0 Å². The molecule has 0 radical (unpaired) electrons. The Balaban J connectivity index is 0.00000368. The fourth-order valence-electron chi connectivity index (χ4n) is 5.25. The molecule has 0 saturated carbocycles. The number of nitrogens with zero attached hydrogens (tertiary/aromatic N) is 6. The van der Waals surface area contributed by atoms with Crippen molar-refractivity contribution < 1.29 is 26.4 Å².